The summed E-state index contributed by atoms with van der Waals surface area (Å²) < 4.78 is 5.05. The van der Waals surface area contributed by atoms with Crippen LogP contribution in [0.5, 0.6) is 0 Å². The van der Waals surface area contributed by atoms with Gasteiger partial charge in [0.1, 0.15) is 12.6 Å². The zero-order valence-electron chi connectivity index (χ0n) is 12.7. The molecule has 0 bridgehead atoms. The number of ether oxygens (including phenoxy) is 1. The van der Waals surface area contributed by atoms with Gasteiger partial charge >= 0.3 is 6.09 Å². The Hall–Kier alpha value is -2.41. The third kappa shape index (κ3) is 3.68. The lowest BCUT2D eigenvalue weighted by atomic mass is 10.2. The molecule has 2 aromatic heterocycles. The predicted octanol–water partition coefficient (Wildman–Crippen LogP) is 2.09. The number of cyclic esters (lactones) is 1. The molecule has 2 aromatic rings. The Morgan fingerprint density at radius 3 is 3.04 bits per heavy atom. The van der Waals surface area contributed by atoms with Crippen LogP contribution in [0.4, 0.5) is 4.79 Å². The lowest BCUT2D eigenvalue weighted by Gasteiger charge is -2.20. The summed E-state index contributed by atoms with van der Waals surface area (Å²) in [4.78, 5) is 31.9. The van der Waals surface area contributed by atoms with Crippen molar-refractivity contribution in [2.24, 2.45) is 0 Å². The second kappa shape index (κ2) is 6.78. The van der Waals surface area contributed by atoms with E-state index in [0.29, 0.717) is 13.1 Å². The molecule has 120 valence electrons. The molecule has 23 heavy (non-hydrogen) atoms. The second-order valence-corrected chi connectivity index (χ2v) is 6.68. The van der Waals surface area contributed by atoms with E-state index in [2.05, 4.69) is 10.3 Å². The van der Waals surface area contributed by atoms with Crippen LogP contribution in [-0.4, -0.2) is 34.5 Å². The van der Waals surface area contributed by atoms with Gasteiger partial charge in [0.2, 0.25) is 5.91 Å². The molecule has 0 radical (unpaired) electrons. The molecule has 1 fully saturated rings. The fourth-order valence-corrected chi connectivity index (χ4v) is 3.28. The molecular weight excluding hydrogens is 314 g/mol. The van der Waals surface area contributed by atoms with Gasteiger partial charge < -0.3 is 10.1 Å². The average Bonchev–Trinajstić information content (AvgIpc) is 3.13. The number of amides is 2. The lowest BCUT2D eigenvalue weighted by Crippen LogP contribution is -2.45. The van der Waals surface area contributed by atoms with E-state index in [-0.39, 0.29) is 12.5 Å². The van der Waals surface area contributed by atoms with E-state index < -0.39 is 12.1 Å². The van der Waals surface area contributed by atoms with Gasteiger partial charge in [-0.25, -0.2) is 4.79 Å². The largest absolute Gasteiger partial charge is 0.447 e. The quantitative estimate of drug-likeness (QED) is 0.911. The Bertz CT molecular complexity index is 702. The first-order valence-electron chi connectivity index (χ1n) is 7.29. The van der Waals surface area contributed by atoms with Gasteiger partial charge in [0, 0.05) is 28.7 Å². The van der Waals surface area contributed by atoms with Crippen molar-refractivity contribution >= 4 is 23.3 Å². The molecule has 0 unspecified atom stereocenters. The molecule has 3 heterocycles. The van der Waals surface area contributed by atoms with Crippen molar-refractivity contribution in [1.29, 1.82) is 0 Å². The molecule has 0 aliphatic carbocycles. The van der Waals surface area contributed by atoms with Gasteiger partial charge in [0.15, 0.2) is 0 Å². The van der Waals surface area contributed by atoms with Gasteiger partial charge in [-0.15, -0.1) is 11.3 Å². The third-order valence-corrected chi connectivity index (χ3v) is 4.58. The fourth-order valence-electron chi connectivity index (χ4n) is 2.39. The first kappa shape index (κ1) is 15.5. The normalized spacial score (nSPS) is 17.2. The topological polar surface area (TPSA) is 71.5 Å². The van der Waals surface area contributed by atoms with Crippen LogP contribution in [0.2, 0.25) is 0 Å². The van der Waals surface area contributed by atoms with Crippen LogP contribution in [0.3, 0.4) is 0 Å². The Balaban J connectivity index is 1.62. The van der Waals surface area contributed by atoms with Crippen molar-refractivity contribution < 1.29 is 14.3 Å². The smallest absolute Gasteiger partial charge is 0.410 e. The van der Waals surface area contributed by atoms with Crippen LogP contribution in [-0.2, 0) is 22.6 Å². The van der Waals surface area contributed by atoms with Gasteiger partial charge in [0.25, 0.3) is 0 Å². The molecule has 3 rings (SSSR count). The molecule has 1 aliphatic heterocycles. The van der Waals surface area contributed by atoms with Crippen LogP contribution in [0.15, 0.2) is 36.7 Å². The van der Waals surface area contributed by atoms with Gasteiger partial charge in [-0.05, 0) is 30.7 Å². The Labute approximate surface area is 138 Å². The summed E-state index contributed by atoms with van der Waals surface area (Å²) in [5.74, 6) is -0.215. The summed E-state index contributed by atoms with van der Waals surface area (Å²) in [7, 11) is 0. The van der Waals surface area contributed by atoms with Crippen LogP contribution in [0.1, 0.15) is 15.3 Å². The highest BCUT2D eigenvalue weighted by atomic mass is 32.1. The monoisotopic (exact) mass is 331 g/mol. The number of thiophene rings is 1. The molecule has 1 atom stereocenters. The summed E-state index contributed by atoms with van der Waals surface area (Å²) >= 11 is 1.61. The van der Waals surface area contributed by atoms with Crippen LogP contribution < -0.4 is 5.32 Å². The molecule has 7 heteroatoms. The number of rotatable bonds is 5. The number of carbonyl (C=O) groups is 2. The number of hydrogen-bond acceptors (Lipinski definition) is 5. The van der Waals surface area contributed by atoms with Crippen LogP contribution in [0.25, 0.3) is 0 Å². The summed E-state index contributed by atoms with van der Waals surface area (Å²) in [6.07, 6.45) is 2.93. The molecule has 1 aliphatic rings. The number of aryl methyl sites for hydroxylation is 1. The summed E-state index contributed by atoms with van der Waals surface area (Å²) in [6, 6.07) is 7.07. The zero-order chi connectivity index (χ0) is 16.2. The van der Waals surface area contributed by atoms with E-state index in [9.17, 15) is 9.59 Å². The van der Waals surface area contributed by atoms with Crippen molar-refractivity contribution in [3.8, 4) is 0 Å². The Morgan fingerprint density at radius 1 is 1.48 bits per heavy atom. The number of nitrogens with one attached hydrogen (secondary N) is 1. The molecule has 6 nitrogen and oxygen atoms in total. The van der Waals surface area contributed by atoms with Crippen LogP contribution >= 0.6 is 11.3 Å². The highest BCUT2D eigenvalue weighted by Gasteiger charge is 2.38. The average molecular weight is 331 g/mol. The van der Waals surface area contributed by atoms with Gasteiger partial charge in [0.05, 0.1) is 6.54 Å². The molecule has 1 saturated heterocycles. The minimum absolute atomic E-state index is 0.0854. The second-order valence-electron chi connectivity index (χ2n) is 5.31. The van der Waals surface area contributed by atoms with Gasteiger partial charge in [-0.1, -0.05) is 6.07 Å². The Kier molecular flexibility index (Phi) is 4.57. The minimum atomic E-state index is -0.596. The van der Waals surface area contributed by atoms with Crippen molar-refractivity contribution in [2.45, 2.75) is 26.1 Å². The summed E-state index contributed by atoms with van der Waals surface area (Å²) in [6.45, 7) is 2.86. The molecule has 1 N–H and O–H groups in total. The van der Waals surface area contributed by atoms with Gasteiger partial charge in [-0.2, -0.15) is 0 Å². The standard InChI is InChI=1S/C16H17N3O3S/c1-11-4-5-13(23-11)9-19-14(10-22-16(19)21)15(20)18-8-12-3-2-6-17-7-12/h2-7,14H,8-10H2,1H3,(H,18,20)/t14-/m0/s1. The number of pyridine rings is 1. The van der Waals surface area contributed by atoms with E-state index in [0.717, 1.165) is 10.4 Å². The molecule has 0 aromatic carbocycles. The molecule has 0 saturated carbocycles. The van der Waals surface area contributed by atoms with E-state index in [4.69, 9.17) is 4.74 Å². The van der Waals surface area contributed by atoms with E-state index in [1.165, 1.54) is 9.78 Å². The van der Waals surface area contributed by atoms with Crippen molar-refractivity contribution in [2.75, 3.05) is 6.61 Å². The number of carbonyl (C=O) groups excluding carboxylic acids is 2. The molecule has 2 amide bonds. The lowest BCUT2D eigenvalue weighted by molar-refractivity contribution is -0.125. The maximum atomic E-state index is 12.4. The van der Waals surface area contributed by atoms with Gasteiger partial charge in [-0.3, -0.25) is 14.7 Å². The first-order chi connectivity index (χ1) is 11.1. The highest BCUT2D eigenvalue weighted by molar-refractivity contribution is 7.11. The summed E-state index contributed by atoms with van der Waals surface area (Å²) in [5, 5.41) is 2.83. The zero-order valence-corrected chi connectivity index (χ0v) is 13.5. The predicted molar refractivity (Wildman–Crippen MR) is 85.8 cm³/mol. The number of hydrogen-bond donors (Lipinski definition) is 1. The van der Waals surface area contributed by atoms with Crippen molar-refractivity contribution in [3.05, 3.63) is 52.0 Å². The molecule has 0 spiro atoms. The van der Waals surface area contributed by atoms with E-state index >= 15 is 0 Å². The van der Waals surface area contributed by atoms with E-state index in [1.807, 2.05) is 31.2 Å². The SMILES string of the molecule is Cc1ccc(CN2C(=O)OC[C@H]2C(=O)NCc2cccnc2)s1. The minimum Gasteiger partial charge on any atom is -0.447 e. The third-order valence-electron chi connectivity index (χ3n) is 3.59. The van der Waals surface area contributed by atoms with E-state index in [1.54, 1.807) is 23.7 Å². The maximum Gasteiger partial charge on any atom is 0.410 e. The maximum absolute atomic E-state index is 12.4. The molecular formula is C16H17N3O3S. The first-order valence-corrected chi connectivity index (χ1v) is 8.10. The van der Waals surface area contributed by atoms with Crippen molar-refractivity contribution in [3.63, 3.8) is 0 Å². The number of nitrogens with zero attached hydrogens (tertiary/aromatic N) is 2. The Morgan fingerprint density at radius 2 is 2.35 bits per heavy atom. The fraction of sp³-hybridized carbons (Fsp3) is 0.312. The van der Waals surface area contributed by atoms with Crippen LogP contribution in [0, 0.1) is 6.92 Å². The highest BCUT2D eigenvalue weighted by Crippen LogP contribution is 2.22. The number of aromatic nitrogens is 1. The summed E-state index contributed by atoms with van der Waals surface area (Å²) in [5.41, 5.74) is 0.909. The van der Waals surface area contributed by atoms with Crippen molar-refractivity contribution in [1.82, 2.24) is 15.2 Å².